The zero-order valence-electron chi connectivity index (χ0n) is 14.9. The van der Waals surface area contributed by atoms with Crippen LogP contribution in [0.3, 0.4) is 0 Å². The van der Waals surface area contributed by atoms with Crippen molar-refractivity contribution in [2.24, 2.45) is 0 Å². The third-order valence-corrected chi connectivity index (χ3v) is 5.66. The minimum absolute atomic E-state index is 0.256. The number of rotatable bonds is 2. The van der Waals surface area contributed by atoms with Gasteiger partial charge in [0, 0.05) is 41.5 Å². The Labute approximate surface area is 147 Å². The van der Waals surface area contributed by atoms with Crippen molar-refractivity contribution in [1.29, 1.82) is 0 Å². The number of hydrogen-bond donors (Lipinski definition) is 2. The van der Waals surface area contributed by atoms with Gasteiger partial charge in [0.05, 0.1) is 0 Å². The van der Waals surface area contributed by atoms with E-state index in [0.717, 1.165) is 24.6 Å². The summed E-state index contributed by atoms with van der Waals surface area (Å²) in [6, 6.07) is 7.01. The average Bonchev–Trinajstić information content (AvgIpc) is 3.24. The van der Waals surface area contributed by atoms with E-state index >= 15 is 0 Å². The molecule has 25 heavy (non-hydrogen) atoms. The lowest BCUT2D eigenvalue weighted by molar-refractivity contribution is 0.265. The van der Waals surface area contributed by atoms with Crippen molar-refractivity contribution in [3.63, 3.8) is 0 Å². The Hall–Kier alpha value is -2.40. The van der Waals surface area contributed by atoms with Gasteiger partial charge < -0.3 is 4.98 Å². The highest BCUT2D eigenvalue weighted by atomic mass is 15.2. The van der Waals surface area contributed by atoms with Gasteiger partial charge in [-0.3, -0.25) is 10.00 Å². The van der Waals surface area contributed by atoms with Crippen molar-refractivity contribution in [3.8, 4) is 0 Å². The largest absolute Gasteiger partial charge is 0.361 e. The molecule has 0 fully saturated rings. The number of fused-ring (bicyclic) bond motifs is 2. The quantitative estimate of drug-likeness (QED) is 0.755. The first-order chi connectivity index (χ1) is 12.1. The topological polar surface area (TPSA) is 60.6 Å². The first-order valence-corrected chi connectivity index (χ1v) is 9.05. The average molecular weight is 333 g/mol. The number of aromatic nitrogens is 4. The van der Waals surface area contributed by atoms with Crippen molar-refractivity contribution in [2.45, 2.75) is 38.1 Å². The summed E-state index contributed by atoms with van der Waals surface area (Å²) in [4.78, 5) is 10.6. The summed E-state index contributed by atoms with van der Waals surface area (Å²) in [6.07, 6.45) is 5.66. The highest BCUT2D eigenvalue weighted by molar-refractivity contribution is 5.98. The van der Waals surface area contributed by atoms with Gasteiger partial charge in [-0.2, -0.15) is 5.10 Å². The predicted molar refractivity (Wildman–Crippen MR) is 99.6 cm³/mol. The lowest BCUT2D eigenvalue weighted by Gasteiger charge is -2.39. The van der Waals surface area contributed by atoms with Crippen LogP contribution in [-0.4, -0.2) is 44.7 Å². The summed E-state index contributed by atoms with van der Waals surface area (Å²) in [5.41, 5.74) is 5.46. The molecule has 0 spiro atoms. The van der Waals surface area contributed by atoms with E-state index in [1.165, 1.54) is 27.6 Å². The van der Waals surface area contributed by atoms with Crippen LogP contribution in [0, 0.1) is 0 Å². The molecule has 0 bridgehead atoms. The molecule has 2 atom stereocenters. The Morgan fingerprint density at radius 3 is 2.96 bits per heavy atom. The molecule has 5 heteroatoms. The molecule has 1 aromatic carbocycles. The molecule has 2 unspecified atom stereocenters. The van der Waals surface area contributed by atoms with E-state index in [1.54, 1.807) is 0 Å². The number of nitrogens with one attached hydrogen (secondary N) is 2. The molecule has 0 amide bonds. The van der Waals surface area contributed by atoms with Crippen LogP contribution in [0.4, 0.5) is 0 Å². The molecule has 0 radical (unpaired) electrons. The highest BCUT2D eigenvalue weighted by Crippen LogP contribution is 2.42. The van der Waals surface area contributed by atoms with Crippen molar-refractivity contribution < 1.29 is 0 Å². The van der Waals surface area contributed by atoms with E-state index in [1.807, 2.05) is 0 Å². The number of benzene rings is 1. The smallest absolute Gasteiger partial charge is 0.153 e. The Kier molecular flexibility index (Phi) is 3.16. The van der Waals surface area contributed by atoms with Gasteiger partial charge in [0.15, 0.2) is 5.82 Å². The molecule has 3 heterocycles. The number of hydrogen-bond acceptors (Lipinski definition) is 3. The predicted octanol–water partition coefficient (Wildman–Crippen LogP) is 3.45. The fourth-order valence-corrected chi connectivity index (χ4v) is 4.33. The van der Waals surface area contributed by atoms with Gasteiger partial charge in [0.2, 0.25) is 0 Å². The maximum Gasteiger partial charge on any atom is 0.153 e. The van der Waals surface area contributed by atoms with Gasteiger partial charge in [-0.15, -0.1) is 0 Å². The molecule has 0 saturated heterocycles. The summed E-state index contributed by atoms with van der Waals surface area (Å²) in [7, 11) is 2.22. The van der Waals surface area contributed by atoms with Gasteiger partial charge in [0.1, 0.15) is 5.82 Å². The minimum atomic E-state index is 0.256. The Balaban J connectivity index is 1.63. The third kappa shape index (κ3) is 2.19. The molecule has 128 valence electrons. The van der Waals surface area contributed by atoms with Crippen LogP contribution in [0.15, 0.2) is 30.5 Å². The third-order valence-electron chi connectivity index (χ3n) is 5.66. The molecule has 1 aliphatic carbocycles. The van der Waals surface area contributed by atoms with E-state index in [2.05, 4.69) is 71.4 Å². The van der Waals surface area contributed by atoms with E-state index in [4.69, 9.17) is 4.98 Å². The van der Waals surface area contributed by atoms with E-state index in [9.17, 15) is 0 Å². The zero-order valence-corrected chi connectivity index (χ0v) is 14.9. The lowest BCUT2D eigenvalue weighted by Crippen LogP contribution is -2.42. The molecule has 3 aromatic rings. The van der Waals surface area contributed by atoms with Gasteiger partial charge in [-0.05, 0) is 36.2 Å². The molecule has 5 rings (SSSR count). The van der Waals surface area contributed by atoms with Gasteiger partial charge in [0.25, 0.3) is 0 Å². The molecule has 5 nitrogen and oxygen atoms in total. The molecule has 2 aromatic heterocycles. The van der Waals surface area contributed by atoms with E-state index in [0.29, 0.717) is 12.0 Å². The molecule has 1 aliphatic heterocycles. The zero-order chi connectivity index (χ0) is 17.1. The second-order valence-corrected chi connectivity index (χ2v) is 7.66. The van der Waals surface area contributed by atoms with Crippen LogP contribution >= 0.6 is 0 Å². The van der Waals surface area contributed by atoms with Crippen molar-refractivity contribution in [3.05, 3.63) is 53.2 Å². The second kappa shape index (κ2) is 5.30. The second-order valence-electron chi connectivity index (χ2n) is 7.66. The standard InChI is InChI=1S/C20H23N5/c1-11(2)19-22-20(24-23-19)13-7-15-14-5-4-6-16-18(14)12(9-21-16)8-17(15)25(3)10-13/h4-7,9,11,13,17,21H,8,10H2,1-3H3,(H,22,23,24). The van der Waals surface area contributed by atoms with Crippen LogP contribution in [0.25, 0.3) is 16.5 Å². The molecule has 2 aliphatic rings. The molecule has 2 N–H and O–H groups in total. The maximum absolute atomic E-state index is 4.74. The molecule has 0 saturated carbocycles. The summed E-state index contributed by atoms with van der Waals surface area (Å²) in [6.45, 7) is 5.23. The minimum Gasteiger partial charge on any atom is -0.361 e. The van der Waals surface area contributed by atoms with Crippen LogP contribution in [0.5, 0.6) is 0 Å². The Bertz CT molecular complexity index is 977. The van der Waals surface area contributed by atoms with Crippen LogP contribution in [0.1, 0.15) is 48.5 Å². The first-order valence-electron chi connectivity index (χ1n) is 9.05. The van der Waals surface area contributed by atoms with Crippen molar-refractivity contribution in [1.82, 2.24) is 25.1 Å². The monoisotopic (exact) mass is 333 g/mol. The SMILES string of the molecule is CC(C)c1n[nH]c(C2C=C3c4cccc5[nH]cc(c45)CC3N(C)C2)n1. The van der Waals surface area contributed by atoms with Crippen LogP contribution in [0.2, 0.25) is 0 Å². The van der Waals surface area contributed by atoms with Gasteiger partial charge in [-0.1, -0.05) is 32.1 Å². The van der Waals surface area contributed by atoms with E-state index < -0.39 is 0 Å². The normalized spacial score (nSPS) is 23.1. The summed E-state index contributed by atoms with van der Waals surface area (Å²) in [5, 5.41) is 8.96. The highest BCUT2D eigenvalue weighted by Gasteiger charge is 2.34. The van der Waals surface area contributed by atoms with Crippen LogP contribution < -0.4 is 0 Å². The Morgan fingerprint density at radius 2 is 2.16 bits per heavy atom. The summed E-state index contributed by atoms with van der Waals surface area (Å²) in [5.74, 6) is 2.48. The molecular formula is C20H23N5. The molecular weight excluding hydrogens is 310 g/mol. The number of likely N-dealkylation sites (N-methyl/N-ethyl adjacent to an activating group) is 1. The number of aromatic amines is 2. The summed E-state index contributed by atoms with van der Waals surface area (Å²) >= 11 is 0. The Morgan fingerprint density at radius 1 is 1.28 bits per heavy atom. The van der Waals surface area contributed by atoms with Crippen molar-refractivity contribution >= 4 is 16.5 Å². The van der Waals surface area contributed by atoms with Crippen molar-refractivity contribution in [2.75, 3.05) is 13.6 Å². The number of H-pyrrole nitrogens is 2. The van der Waals surface area contributed by atoms with Gasteiger partial charge in [-0.25, -0.2) is 4.98 Å². The fourth-order valence-electron chi connectivity index (χ4n) is 4.33. The first kappa shape index (κ1) is 14.9. The maximum atomic E-state index is 4.74. The lowest BCUT2D eigenvalue weighted by atomic mass is 9.80. The van der Waals surface area contributed by atoms with Gasteiger partial charge >= 0.3 is 0 Å². The van der Waals surface area contributed by atoms with Crippen LogP contribution in [-0.2, 0) is 6.42 Å². The summed E-state index contributed by atoms with van der Waals surface area (Å²) < 4.78 is 0. The number of nitrogens with zero attached hydrogens (tertiary/aromatic N) is 3. The fraction of sp³-hybridized carbons (Fsp3) is 0.400. The van der Waals surface area contributed by atoms with E-state index in [-0.39, 0.29) is 5.92 Å².